The van der Waals surface area contributed by atoms with Crippen LogP contribution >= 0.6 is 0 Å². The van der Waals surface area contributed by atoms with E-state index in [9.17, 15) is 4.79 Å². The van der Waals surface area contributed by atoms with Crippen molar-refractivity contribution in [2.45, 2.75) is 0 Å². The second-order valence-corrected chi connectivity index (χ2v) is 3.53. The Kier molecular flexibility index (Phi) is 5.44. The Balaban J connectivity index is 2.44. The van der Waals surface area contributed by atoms with E-state index in [-0.39, 0.29) is 18.5 Å². The SMILES string of the molecule is NC(N)=NNC(=O)COc1ccc(NN=C(N)N)cc1. The zero-order chi connectivity index (χ0) is 15.0. The first-order valence-electron chi connectivity index (χ1n) is 5.42. The highest BCUT2D eigenvalue weighted by molar-refractivity contribution is 5.81. The molecule has 1 aromatic carbocycles. The Hall–Kier alpha value is -3.17. The van der Waals surface area contributed by atoms with Crippen LogP contribution in [0.1, 0.15) is 0 Å². The molecule has 1 amide bonds. The number of guanidine groups is 2. The van der Waals surface area contributed by atoms with Gasteiger partial charge in [0, 0.05) is 0 Å². The molecule has 10 heteroatoms. The molecule has 108 valence electrons. The number of amides is 1. The van der Waals surface area contributed by atoms with Crippen LogP contribution in [0, 0.1) is 0 Å². The molecule has 20 heavy (non-hydrogen) atoms. The van der Waals surface area contributed by atoms with Gasteiger partial charge in [0.25, 0.3) is 5.91 Å². The standard InChI is InChI=1S/C10H16N8O2/c11-9(12)17-15-6-1-3-7(4-2-6)20-5-8(19)16-18-10(13)14/h1-4,15H,5H2,(H,16,19)(H4,11,12,17)(H4,13,14,18). The van der Waals surface area contributed by atoms with Gasteiger partial charge < -0.3 is 27.7 Å². The minimum atomic E-state index is -0.485. The van der Waals surface area contributed by atoms with Gasteiger partial charge >= 0.3 is 0 Å². The van der Waals surface area contributed by atoms with Gasteiger partial charge in [0.1, 0.15) is 5.75 Å². The van der Waals surface area contributed by atoms with Gasteiger partial charge in [-0.2, -0.15) is 0 Å². The summed E-state index contributed by atoms with van der Waals surface area (Å²) in [5, 5.41) is 6.95. The van der Waals surface area contributed by atoms with Crippen molar-refractivity contribution in [3.8, 4) is 5.75 Å². The van der Waals surface area contributed by atoms with Gasteiger partial charge in [0.15, 0.2) is 6.61 Å². The third-order valence-electron chi connectivity index (χ3n) is 1.85. The van der Waals surface area contributed by atoms with Crippen molar-refractivity contribution in [1.29, 1.82) is 0 Å². The predicted octanol–water partition coefficient (Wildman–Crippen LogP) is -2.03. The molecule has 0 aliphatic rings. The summed E-state index contributed by atoms with van der Waals surface area (Å²) in [6.07, 6.45) is 0. The summed E-state index contributed by atoms with van der Waals surface area (Å²) in [4.78, 5) is 11.3. The fraction of sp³-hybridized carbons (Fsp3) is 0.100. The molecule has 0 bridgehead atoms. The predicted molar refractivity (Wildman–Crippen MR) is 75.3 cm³/mol. The van der Waals surface area contributed by atoms with Gasteiger partial charge in [-0.1, -0.05) is 0 Å². The lowest BCUT2D eigenvalue weighted by Gasteiger charge is -2.06. The minimum Gasteiger partial charge on any atom is -0.484 e. The lowest BCUT2D eigenvalue weighted by Crippen LogP contribution is -2.31. The molecule has 1 rings (SSSR count). The molecule has 0 heterocycles. The first-order valence-corrected chi connectivity index (χ1v) is 5.42. The number of nitrogens with one attached hydrogen (secondary N) is 2. The summed E-state index contributed by atoms with van der Waals surface area (Å²) >= 11 is 0. The van der Waals surface area contributed by atoms with Gasteiger partial charge in [0.2, 0.25) is 11.9 Å². The number of hydrogen-bond acceptors (Lipinski definition) is 5. The van der Waals surface area contributed by atoms with Crippen LogP contribution in [0.15, 0.2) is 34.5 Å². The normalized spacial score (nSPS) is 9.20. The summed E-state index contributed by atoms with van der Waals surface area (Å²) in [5.74, 6) is -0.323. The van der Waals surface area contributed by atoms with Crippen molar-refractivity contribution in [3.63, 3.8) is 0 Å². The molecule has 0 aliphatic carbocycles. The first-order chi connectivity index (χ1) is 9.47. The molecular weight excluding hydrogens is 264 g/mol. The molecule has 0 saturated carbocycles. The highest BCUT2D eigenvalue weighted by Gasteiger charge is 2.01. The van der Waals surface area contributed by atoms with Gasteiger partial charge in [0.05, 0.1) is 5.69 Å². The van der Waals surface area contributed by atoms with E-state index in [0.717, 1.165) is 0 Å². The number of nitrogens with zero attached hydrogens (tertiary/aromatic N) is 2. The minimum absolute atomic E-state index is 0.0817. The van der Waals surface area contributed by atoms with Crippen LogP contribution in [-0.4, -0.2) is 24.4 Å². The summed E-state index contributed by atoms with van der Waals surface area (Å²) in [5.41, 5.74) is 25.8. The Labute approximate surface area is 114 Å². The Morgan fingerprint density at radius 1 is 1.05 bits per heavy atom. The number of anilines is 1. The third kappa shape index (κ3) is 5.95. The zero-order valence-corrected chi connectivity index (χ0v) is 10.5. The van der Waals surface area contributed by atoms with Crippen LogP contribution in [0.5, 0.6) is 5.75 Å². The lowest BCUT2D eigenvalue weighted by molar-refractivity contribution is -0.123. The summed E-state index contributed by atoms with van der Waals surface area (Å²) in [7, 11) is 0. The van der Waals surface area contributed by atoms with Crippen molar-refractivity contribution in [3.05, 3.63) is 24.3 Å². The monoisotopic (exact) mass is 280 g/mol. The van der Waals surface area contributed by atoms with Crippen molar-refractivity contribution in [2.75, 3.05) is 12.0 Å². The van der Waals surface area contributed by atoms with Crippen molar-refractivity contribution in [1.82, 2.24) is 5.43 Å². The van der Waals surface area contributed by atoms with Crippen LogP contribution in [-0.2, 0) is 4.79 Å². The number of carbonyl (C=O) groups excluding carboxylic acids is 1. The van der Waals surface area contributed by atoms with Crippen LogP contribution in [0.3, 0.4) is 0 Å². The maximum Gasteiger partial charge on any atom is 0.278 e. The number of benzene rings is 1. The molecule has 0 unspecified atom stereocenters. The van der Waals surface area contributed by atoms with E-state index in [1.165, 1.54) is 0 Å². The molecular formula is C10H16N8O2. The molecule has 10 N–H and O–H groups in total. The van der Waals surface area contributed by atoms with Gasteiger partial charge in [-0.25, -0.2) is 5.43 Å². The fourth-order valence-corrected chi connectivity index (χ4v) is 1.06. The van der Waals surface area contributed by atoms with Gasteiger partial charge in [-0.3, -0.25) is 10.2 Å². The fourth-order valence-electron chi connectivity index (χ4n) is 1.06. The molecule has 0 radical (unpaired) electrons. The Bertz CT molecular complexity index is 502. The number of ether oxygens (including phenoxy) is 1. The van der Waals surface area contributed by atoms with E-state index in [1.807, 2.05) is 0 Å². The Morgan fingerprint density at radius 3 is 2.20 bits per heavy atom. The molecule has 0 fully saturated rings. The third-order valence-corrected chi connectivity index (χ3v) is 1.85. The van der Waals surface area contributed by atoms with Crippen LogP contribution in [0.4, 0.5) is 5.69 Å². The topological polar surface area (TPSA) is 179 Å². The molecule has 1 aromatic rings. The van der Waals surface area contributed by atoms with E-state index in [2.05, 4.69) is 21.1 Å². The van der Waals surface area contributed by atoms with Gasteiger partial charge in [-0.15, -0.1) is 10.2 Å². The van der Waals surface area contributed by atoms with Crippen molar-refractivity contribution >= 4 is 23.5 Å². The lowest BCUT2D eigenvalue weighted by atomic mass is 10.3. The number of carbonyl (C=O) groups is 1. The number of nitrogens with two attached hydrogens (primary N) is 4. The highest BCUT2D eigenvalue weighted by atomic mass is 16.5. The van der Waals surface area contributed by atoms with E-state index in [4.69, 9.17) is 27.7 Å². The maximum atomic E-state index is 11.3. The Morgan fingerprint density at radius 2 is 1.65 bits per heavy atom. The average Bonchev–Trinajstić information content (AvgIpc) is 2.41. The van der Waals surface area contributed by atoms with Crippen molar-refractivity contribution in [2.24, 2.45) is 33.1 Å². The first kappa shape index (κ1) is 14.9. The molecule has 0 aromatic heterocycles. The quantitative estimate of drug-likeness (QED) is 0.197. The molecule has 0 atom stereocenters. The molecule has 0 spiro atoms. The average molecular weight is 280 g/mol. The van der Waals surface area contributed by atoms with E-state index >= 15 is 0 Å². The zero-order valence-electron chi connectivity index (χ0n) is 10.5. The second-order valence-electron chi connectivity index (χ2n) is 3.53. The molecule has 10 nitrogen and oxygen atoms in total. The van der Waals surface area contributed by atoms with Crippen LogP contribution in [0.25, 0.3) is 0 Å². The number of hydrazone groups is 2. The molecule has 0 aliphatic heterocycles. The highest BCUT2D eigenvalue weighted by Crippen LogP contribution is 2.15. The summed E-state index contributed by atoms with van der Waals surface area (Å²) in [6, 6.07) is 6.63. The van der Waals surface area contributed by atoms with E-state index < -0.39 is 5.91 Å². The summed E-state index contributed by atoms with van der Waals surface area (Å²) < 4.78 is 5.20. The number of rotatable bonds is 6. The smallest absolute Gasteiger partial charge is 0.278 e. The van der Waals surface area contributed by atoms with Crippen LogP contribution < -0.4 is 38.5 Å². The number of hydrogen-bond donors (Lipinski definition) is 6. The van der Waals surface area contributed by atoms with Crippen LogP contribution in [0.2, 0.25) is 0 Å². The largest absolute Gasteiger partial charge is 0.484 e. The van der Waals surface area contributed by atoms with Gasteiger partial charge in [-0.05, 0) is 24.3 Å². The summed E-state index contributed by atoms with van der Waals surface area (Å²) in [6.45, 7) is -0.225. The van der Waals surface area contributed by atoms with E-state index in [0.29, 0.717) is 11.4 Å². The second kappa shape index (κ2) is 7.31. The van der Waals surface area contributed by atoms with E-state index in [1.54, 1.807) is 24.3 Å². The van der Waals surface area contributed by atoms with Crippen molar-refractivity contribution < 1.29 is 9.53 Å². The maximum absolute atomic E-state index is 11.3. The molecule has 0 saturated heterocycles.